The highest BCUT2D eigenvalue weighted by atomic mass is 16.5. The van der Waals surface area contributed by atoms with Gasteiger partial charge in [0.2, 0.25) is 17.7 Å². The first-order valence-corrected chi connectivity index (χ1v) is 8.16. The number of benzene rings is 1. The van der Waals surface area contributed by atoms with Crippen LogP contribution in [0.4, 0.5) is 11.4 Å². The summed E-state index contributed by atoms with van der Waals surface area (Å²) in [5.41, 5.74) is 1.19. The van der Waals surface area contributed by atoms with E-state index in [-0.39, 0.29) is 23.6 Å². The second kappa shape index (κ2) is 6.90. The number of hydrogen-bond acceptors (Lipinski definition) is 4. The molecule has 0 unspecified atom stereocenters. The third-order valence-corrected chi connectivity index (χ3v) is 4.42. The topological polar surface area (TPSA) is 87.7 Å². The molecule has 24 heavy (non-hydrogen) atoms. The second-order valence-corrected chi connectivity index (χ2v) is 6.13. The Morgan fingerprint density at radius 3 is 2.75 bits per heavy atom. The number of fused-ring (bicyclic) bond motifs is 1. The molecule has 7 heteroatoms. The number of carbonyl (C=O) groups is 3. The monoisotopic (exact) mass is 331 g/mol. The molecular formula is C17H21N3O4. The molecule has 1 saturated heterocycles. The molecule has 0 atom stereocenters. The molecule has 3 amide bonds. The summed E-state index contributed by atoms with van der Waals surface area (Å²) in [5.74, 6) is 0.391. The summed E-state index contributed by atoms with van der Waals surface area (Å²) in [6.07, 6.45) is 1.64. The lowest BCUT2D eigenvalue weighted by atomic mass is 9.96. The SMILES string of the molecule is CC(=O)N1CCC(C(=O)Nc2ccc3c(c2)NC(=O)CCO3)CC1. The average Bonchev–Trinajstić information content (AvgIpc) is 2.75. The third kappa shape index (κ3) is 3.67. The molecule has 0 saturated carbocycles. The molecule has 2 N–H and O–H groups in total. The molecule has 1 aromatic rings. The van der Waals surface area contributed by atoms with Crippen molar-refractivity contribution in [2.75, 3.05) is 30.3 Å². The van der Waals surface area contributed by atoms with Crippen LogP contribution in [0.1, 0.15) is 26.2 Å². The van der Waals surface area contributed by atoms with Crippen molar-refractivity contribution in [2.24, 2.45) is 5.92 Å². The van der Waals surface area contributed by atoms with Crippen LogP contribution in [0.5, 0.6) is 5.75 Å². The molecule has 0 aliphatic carbocycles. The fourth-order valence-electron chi connectivity index (χ4n) is 3.00. The van der Waals surface area contributed by atoms with E-state index < -0.39 is 0 Å². The quantitative estimate of drug-likeness (QED) is 0.862. The molecule has 0 spiro atoms. The van der Waals surface area contributed by atoms with Crippen LogP contribution >= 0.6 is 0 Å². The van der Waals surface area contributed by atoms with E-state index in [2.05, 4.69) is 10.6 Å². The average molecular weight is 331 g/mol. The minimum atomic E-state index is -0.106. The summed E-state index contributed by atoms with van der Waals surface area (Å²) < 4.78 is 5.50. The minimum absolute atomic E-state index is 0.0513. The van der Waals surface area contributed by atoms with E-state index in [0.717, 1.165) is 0 Å². The molecule has 1 aromatic carbocycles. The van der Waals surface area contributed by atoms with Gasteiger partial charge in [-0.2, -0.15) is 0 Å². The van der Waals surface area contributed by atoms with Crippen molar-refractivity contribution in [2.45, 2.75) is 26.2 Å². The fourth-order valence-corrected chi connectivity index (χ4v) is 3.00. The van der Waals surface area contributed by atoms with Gasteiger partial charge in [-0.3, -0.25) is 14.4 Å². The second-order valence-electron chi connectivity index (χ2n) is 6.13. The van der Waals surface area contributed by atoms with Crippen molar-refractivity contribution < 1.29 is 19.1 Å². The summed E-state index contributed by atoms with van der Waals surface area (Å²) in [4.78, 5) is 37.1. The molecule has 2 heterocycles. The first-order chi connectivity index (χ1) is 11.5. The maximum atomic E-state index is 12.4. The number of carbonyl (C=O) groups excluding carboxylic acids is 3. The Bertz CT molecular complexity index is 666. The zero-order valence-corrected chi connectivity index (χ0v) is 13.6. The van der Waals surface area contributed by atoms with E-state index in [1.165, 1.54) is 0 Å². The summed E-state index contributed by atoms with van der Waals surface area (Å²) in [6, 6.07) is 5.22. The van der Waals surface area contributed by atoms with E-state index in [1.807, 2.05) is 0 Å². The maximum absolute atomic E-state index is 12.4. The van der Waals surface area contributed by atoms with E-state index in [9.17, 15) is 14.4 Å². The Hall–Kier alpha value is -2.57. The highest BCUT2D eigenvalue weighted by Crippen LogP contribution is 2.30. The van der Waals surface area contributed by atoms with Gasteiger partial charge < -0.3 is 20.3 Å². The van der Waals surface area contributed by atoms with E-state index in [0.29, 0.717) is 56.1 Å². The van der Waals surface area contributed by atoms with E-state index in [4.69, 9.17) is 4.74 Å². The van der Waals surface area contributed by atoms with Crippen molar-refractivity contribution in [3.05, 3.63) is 18.2 Å². The minimum Gasteiger partial charge on any atom is -0.491 e. The standard InChI is InChI=1S/C17H21N3O4/c1-11(21)20-7-4-12(5-8-20)17(23)18-13-2-3-15-14(10-13)19-16(22)6-9-24-15/h2-3,10,12H,4-9H2,1H3,(H,18,23)(H,19,22). The van der Waals surface area contributed by atoms with Crippen molar-refractivity contribution in [3.63, 3.8) is 0 Å². The number of ether oxygens (including phenoxy) is 1. The van der Waals surface area contributed by atoms with Gasteiger partial charge in [-0.25, -0.2) is 0 Å². The normalized spacial score (nSPS) is 18.0. The van der Waals surface area contributed by atoms with Gasteiger partial charge in [-0.1, -0.05) is 0 Å². The van der Waals surface area contributed by atoms with Crippen molar-refractivity contribution in [1.29, 1.82) is 0 Å². The number of nitrogens with zero attached hydrogens (tertiary/aromatic N) is 1. The Morgan fingerprint density at radius 1 is 1.29 bits per heavy atom. The fraction of sp³-hybridized carbons (Fsp3) is 0.471. The van der Waals surface area contributed by atoms with Gasteiger partial charge in [0.05, 0.1) is 18.7 Å². The number of hydrogen-bond donors (Lipinski definition) is 2. The molecule has 0 bridgehead atoms. The van der Waals surface area contributed by atoms with Gasteiger partial charge in [-0.05, 0) is 31.0 Å². The first kappa shape index (κ1) is 16.3. The molecule has 2 aliphatic heterocycles. The van der Waals surface area contributed by atoms with Crippen molar-refractivity contribution in [3.8, 4) is 5.75 Å². The number of piperidine rings is 1. The van der Waals surface area contributed by atoms with Crippen LogP contribution in [0.3, 0.4) is 0 Å². The zero-order valence-electron chi connectivity index (χ0n) is 13.6. The predicted octanol–water partition coefficient (Wildman–Crippen LogP) is 1.60. The largest absolute Gasteiger partial charge is 0.491 e. The Balaban J connectivity index is 1.63. The summed E-state index contributed by atoms with van der Waals surface area (Å²) in [6.45, 7) is 3.12. The lowest BCUT2D eigenvalue weighted by Crippen LogP contribution is -2.40. The van der Waals surface area contributed by atoms with Gasteiger partial charge in [0.25, 0.3) is 0 Å². The lowest BCUT2D eigenvalue weighted by molar-refractivity contribution is -0.132. The molecule has 128 valence electrons. The van der Waals surface area contributed by atoms with Crippen molar-refractivity contribution >= 4 is 29.1 Å². The van der Waals surface area contributed by atoms with E-state index >= 15 is 0 Å². The highest BCUT2D eigenvalue weighted by Gasteiger charge is 2.26. The summed E-state index contributed by atoms with van der Waals surface area (Å²) in [7, 11) is 0. The molecule has 2 aliphatic rings. The van der Waals surface area contributed by atoms with Gasteiger partial charge in [0.1, 0.15) is 5.75 Å². The van der Waals surface area contributed by atoms with Gasteiger partial charge in [-0.15, -0.1) is 0 Å². The van der Waals surface area contributed by atoms with Crippen LogP contribution in [0.25, 0.3) is 0 Å². The van der Waals surface area contributed by atoms with Crippen molar-refractivity contribution in [1.82, 2.24) is 4.90 Å². The molecular weight excluding hydrogens is 310 g/mol. The van der Waals surface area contributed by atoms with E-state index in [1.54, 1.807) is 30.0 Å². The van der Waals surface area contributed by atoms with Gasteiger partial charge in [0, 0.05) is 31.6 Å². The number of amides is 3. The smallest absolute Gasteiger partial charge is 0.227 e. The number of anilines is 2. The molecule has 0 aromatic heterocycles. The number of likely N-dealkylation sites (tertiary alicyclic amines) is 1. The summed E-state index contributed by atoms with van der Waals surface area (Å²) in [5, 5.41) is 5.67. The maximum Gasteiger partial charge on any atom is 0.227 e. The molecule has 7 nitrogen and oxygen atoms in total. The number of nitrogens with one attached hydrogen (secondary N) is 2. The summed E-state index contributed by atoms with van der Waals surface area (Å²) >= 11 is 0. The van der Waals surface area contributed by atoms with Crippen LogP contribution in [-0.2, 0) is 14.4 Å². The van der Waals surface area contributed by atoms with Crippen LogP contribution in [0.15, 0.2) is 18.2 Å². The number of rotatable bonds is 2. The molecule has 0 radical (unpaired) electrons. The molecule has 3 rings (SSSR count). The Morgan fingerprint density at radius 2 is 2.04 bits per heavy atom. The van der Waals surface area contributed by atoms with Crippen LogP contribution in [0, 0.1) is 5.92 Å². The molecule has 1 fully saturated rings. The first-order valence-electron chi connectivity index (χ1n) is 8.16. The van der Waals surface area contributed by atoms with Gasteiger partial charge >= 0.3 is 0 Å². The highest BCUT2D eigenvalue weighted by molar-refractivity contribution is 5.96. The van der Waals surface area contributed by atoms with Crippen LogP contribution in [-0.4, -0.2) is 42.3 Å². The van der Waals surface area contributed by atoms with Gasteiger partial charge in [0.15, 0.2) is 0 Å². The zero-order chi connectivity index (χ0) is 17.1. The Kier molecular flexibility index (Phi) is 4.69. The Labute approximate surface area is 140 Å². The third-order valence-electron chi connectivity index (χ3n) is 4.42. The predicted molar refractivity (Wildman–Crippen MR) is 88.8 cm³/mol. The van der Waals surface area contributed by atoms with Crippen LogP contribution < -0.4 is 15.4 Å². The van der Waals surface area contributed by atoms with Crippen LogP contribution in [0.2, 0.25) is 0 Å². The lowest BCUT2D eigenvalue weighted by Gasteiger charge is -2.30.